The van der Waals surface area contributed by atoms with Crippen molar-refractivity contribution in [2.45, 2.75) is 13.0 Å². The molecule has 0 saturated heterocycles. The largest absolute Gasteiger partial charge is 0.475 e. The molecule has 10 heteroatoms. The number of nitro benzene ring substituents is 1. The first-order valence-electron chi connectivity index (χ1n) is 6.22. The second-order valence-electron chi connectivity index (χ2n) is 4.31. The fraction of sp³-hybridized carbons (Fsp3) is 0.333. The quantitative estimate of drug-likeness (QED) is 0.609. The second-order valence-corrected chi connectivity index (χ2v) is 4.74. The molecule has 22 heavy (non-hydrogen) atoms. The summed E-state index contributed by atoms with van der Waals surface area (Å²) in [5.74, 6) is 0.234. The summed E-state index contributed by atoms with van der Waals surface area (Å²) in [4.78, 5) is 10.5. The Kier molecular flexibility index (Phi) is 4.99. The van der Waals surface area contributed by atoms with Crippen molar-refractivity contribution < 1.29 is 19.0 Å². The molecule has 0 aliphatic rings. The number of rotatable bonds is 7. The van der Waals surface area contributed by atoms with E-state index in [0.717, 1.165) is 0 Å². The van der Waals surface area contributed by atoms with Crippen LogP contribution in [-0.2, 0) is 0 Å². The molecule has 0 radical (unpaired) electrons. The molecule has 0 aliphatic carbocycles. The van der Waals surface area contributed by atoms with Gasteiger partial charge in [0.1, 0.15) is 11.8 Å². The number of anilines is 1. The molecule has 0 spiro atoms. The minimum absolute atomic E-state index is 0.0720. The number of methoxy groups -OCH3 is 1. The van der Waals surface area contributed by atoms with E-state index in [1.807, 2.05) is 0 Å². The zero-order valence-electron chi connectivity index (χ0n) is 11.8. The van der Waals surface area contributed by atoms with Gasteiger partial charge in [-0.1, -0.05) is 11.6 Å². The van der Waals surface area contributed by atoms with Crippen LogP contribution in [-0.4, -0.2) is 35.0 Å². The maximum Gasteiger partial charge on any atom is 0.320 e. The molecule has 0 saturated carbocycles. The number of ether oxygens (including phenoxy) is 2. The maximum absolute atomic E-state index is 11.0. The smallest absolute Gasteiger partial charge is 0.320 e. The summed E-state index contributed by atoms with van der Waals surface area (Å²) in [6.45, 7) is 2.02. The number of nitrogens with one attached hydrogen (secondary N) is 1. The van der Waals surface area contributed by atoms with Crippen molar-refractivity contribution in [2.75, 3.05) is 19.0 Å². The highest BCUT2D eigenvalue weighted by atomic mass is 35.5. The molecule has 1 heterocycles. The lowest BCUT2D eigenvalue weighted by Crippen LogP contribution is -2.23. The summed E-state index contributed by atoms with van der Waals surface area (Å²) in [7, 11) is 1.41. The van der Waals surface area contributed by atoms with Crippen LogP contribution in [0.25, 0.3) is 0 Å². The first kappa shape index (κ1) is 15.8. The first-order valence-corrected chi connectivity index (χ1v) is 6.60. The minimum Gasteiger partial charge on any atom is -0.475 e. The van der Waals surface area contributed by atoms with Crippen LogP contribution in [0.3, 0.4) is 0 Å². The van der Waals surface area contributed by atoms with Crippen molar-refractivity contribution in [3.8, 4) is 11.8 Å². The highest BCUT2D eigenvalue weighted by Crippen LogP contribution is 2.28. The van der Waals surface area contributed by atoms with Crippen molar-refractivity contribution in [1.82, 2.24) is 10.3 Å². The van der Waals surface area contributed by atoms with E-state index in [9.17, 15) is 10.1 Å². The Bertz CT molecular complexity index is 663. The van der Waals surface area contributed by atoms with Crippen LogP contribution in [0.2, 0.25) is 5.02 Å². The third-order valence-electron chi connectivity index (χ3n) is 2.67. The highest BCUT2D eigenvalue weighted by Gasteiger charge is 2.17. The molecule has 0 amide bonds. The van der Waals surface area contributed by atoms with Gasteiger partial charge >= 0.3 is 11.8 Å². The zero-order chi connectivity index (χ0) is 16.1. The summed E-state index contributed by atoms with van der Waals surface area (Å²) >= 11 is 5.85. The van der Waals surface area contributed by atoms with E-state index in [-0.39, 0.29) is 30.1 Å². The summed E-state index contributed by atoms with van der Waals surface area (Å²) < 4.78 is 14.9. The Morgan fingerprint density at radius 1 is 1.45 bits per heavy atom. The highest BCUT2D eigenvalue weighted by molar-refractivity contribution is 6.31. The number of nitrogens with zero attached hydrogens (tertiary/aromatic N) is 3. The molecule has 118 valence electrons. The predicted molar refractivity (Wildman–Crippen MR) is 77.5 cm³/mol. The third-order valence-corrected chi connectivity index (χ3v) is 2.91. The fourth-order valence-corrected chi connectivity index (χ4v) is 1.84. The fourth-order valence-electron chi connectivity index (χ4n) is 1.66. The number of halogens is 1. The van der Waals surface area contributed by atoms with Gasteiger partial charge in [-0.05, 0) is 29.4 Å². The van der Waals surface area contributed by atoms with Gasteiger partial charge in [0.15, 0.2) is 0 Å². The van der Waals surface area contributed by atoms with Crippen LogP contribution in [0.1, 0.15) is 6.92 Å². The van der Waals surface area contributed by atoms with E-state index in [4.69, 9.17) is 21.1 Å². The molecule has 0 aliphatic heterocycles. The second kappa shape index (κ2) is 6.94. The Hall–Kier alpha value is -2.55. The van der Waals surface area contributed by atoms with Gasteiger partial charge in [-0.3, -0.25) is 10.1 Å². The normalized spacial score (nSPS) is 11.8. The molecule has 1 aromatic heterocycles. The standard InChI is InChI=1S/C12H13ClN4O5/c1-7(21-12-11(20-2)15-22-16-12)6-14-9-5-8(13)3-4-10(9)17(18)19/h3-5,7,14H,6H2,1-2H3/t7-/m0/s1. The lowest BCUT2D eigenvalue weighted by atomic mass is 10.2. The van der Waals surface area contributed by atoms with Gasteiger partial charge < -0.3 is 14.8 Å². The molecule has 2 aromatic rings. The van der Waals surface area contributed by atoms with Crippen molar-refractivity contribution in [3.05, 3.63) is 33.3 Å². The zero-order valence-corrected chi connectivity index (χ0v) is 12.5. The number of benzene rings is 1. The number of hydrogen-bond acceptors (Lipinski definition) is 8. The van der Waals surface area contributed by atoms with Gasteiger partial charge in [0.25, 0.3) is 5.69 Å². The van der Waals surface area contributed by atoms with Gasteiger partial charge in [-0.2, -0.15) is 0 Å². The van der Waals surface area contributed by atoms with E-state index in [1.54, 1.807) is 6.92 Å². The Balaban J connectivity index is 2.00. The summed E-state index contributed by atoms with van der Waals surface area (Å²) in [6.07, 6.45) is -0.376. The molecule has 1 aromatic carbocycles. The van der Waals surface area contributed by atoms with Crippen LogP contribution < -0.4 is 14.8 Å². The minimum atomic E-state index is -0.491. The first-order chi connectivity index (χ1) is 10.5. The topological polar surface area (TPSA) is 113 Å². The number of hydrogen-bond donors (Lipinski definition) is 1. The van der Waals surface area contributed by atoms with E-state index >= 15 is 0 Å². The van der Waals surface area contributed by atoms with Crippen LogP contribution in [0.15, 0.2) is 22.8 Å². The van der Waals surface area contributed by atoms with Crippen molar-refractivity contribution in [3.63, 3.8) is 0 Å². The summed E-state index contributed by atoms with van der Waals surface area (Å²) in [5.41, 5.74) is 0.232. The number of nitro groups is 1. The van der Waals surface area contributed by atoms with Gasteiger partial charge in [0.2, 0.25) is 0 Å². The summed E-state index contributed by atoms with van der Waals surface area (Å²) in [6, 6.07) is 4.27. The van der Waals surface area contributed by atoms with E-state index in [0.29, 0.717) is 10.7 Å². The molecule has 1 N–H and O–H groups in total. The van der Waals surface area contributed by atoms with Crippen LogP contribution >= 0.6 is 11.6 Å². The average molecular weight is 329 g/mol. The van der Waals surface area contributed by atoms with Gasteiger partial charge in [-0.15, -0.1) is 0 Å². The lowest BCUT2D eigenvalue weighted by Gasteiger charge is -2.14. The molecule has 0 unspecified atom stereocenters. The number of aromatic nitrogens is 2. The van der Waals surface area contributed by atoms with Crippen molar-refractivity contribution in [2.24, 2.45) is 0 Å². The Labute approximate surface area is 130 Å². The molecular formula is C12H13ClN4O5. The van der Waals surface area contributed by atoms with Gasteiger partial charge in [0.05, 0.1) is 18.6 Å². The SMILES string of the molecule is COc1nonc1O[C@@H](C)CNc1cc(Cl)ccc1[N+](=O)[O-]. The Morgan fingerprint density at radius 3 is 2.86 bits per heavy atom. The van der Waals surface area contributed by atoms with Crippen LogP contribution in [0, 0.1) is 10.1 Å². The Morgan fingerprint density at radius 2 is 2.18 bits per heavy atom. The predicted octanol–water partition coefficient (Wildman–Crippen LogP) is 2.52. The lowest BCUT2D eigenvalue weighted by molar-refractivity contribution is -0.384. The van der Waals surface area contributed by atoms with Crippen molar-refractivity contribution in [1.29, 1.82) is 0 Å². The molecular weight excluding hydrogens is 316 g/mol. The monoisotopic (exact) mass is 328 g/mol. The van der Waals surface area contributed by atoms with Gasteiger partial charge in [0, 0.05) is 11.1 Å². The molecule has 2 rings (SSSR count). The summed E-state index contributed by atoms with van der Waals surface area (Å²) in [5, 5.41) is 21.3. The molecule has 1 atom stereocenters. The van der Waals surface area contributed by atoms with Gasteiger partial charge in [-0.25, -0.2) is 4.63 Å². The van der Waals surface area contributed by atoms with Crippen molar-refractivity contribution >= 4 is 23.0 Å². The average Bonchev–Trinajstić information content (AvgIpc) is 2.92. The molecule has 0 fully saturated rings. The molecule has 9 nitrogen and oxygen atoms in total. The van der Waals surface area contributed by atoms with E-state index < -0.39 is 4.92 Å². The third kappa shape index (κ3) is 3.76. The molecule has 0 bridgehead atoms. The maximum atomic E-state index is 11.0. The van der Waals surface area contributed by atoms with Crippen LogP contribution in [0.5, 0.6) is 11.8 Å². The van der Waals surface area contributed by atoms with E-state index in [2.05, 4.69) is 20.3 Å². The van der Waals surface area contributed by atoms with E-state index in [1.165, 1.54) is 25.3 Å². The van der Waals surface area contributed by atoms with Crippen LogP contribution in [0.4, 0.5) is 11.4 Å².